The number of benzene rings is 2. The summed E-state index contributed by atoms with van der Waals surface area (Å²) in [5.41, 5.74) is 0.967. The number of hydrogen-bond acceptors (Lipinski definition) is 4. The molecule has 2 aromatic rings. The summed E-state index contributed by atoms with van der Waals surface area (Å²) < 4.78 is 10.7. The van der Waals surface area contributed by atoms with Crippen molar-refractivity contribution in [2.75, 3.05) is 6.61 Å². The van der Waals surface area contributed by atoms with Crippen LogP contribution < -0.4 is 0 Å². The summed E-state index contributed by atoms with van der Waals surface area (Å²) in [4.78, 5) is 23.7. The largest absolute Gasteiger partial charge is 0.465 e. The van der Waals surface area contributed by atoms with E-state index < -0.39 is 0 Å². The highest BCUT2D eigenvalue weighted by atomic mass is 16.5. The molecular formula is C23H28O4. The van der Waals surface area contributed by atoms with Crippen molar-refractivity contribution in [3.8, 4) is 0 Å². The molecule has 0 atom stereocenters. The van der Waals surface area contributed by atoms with Gasteiger partial charge in [-0.1, -0.05) is 55.7 Å². The van der Waals surface area contributed by atoms with Crippen molar-refractivity contribution >= 4 is 22.7 Å². The first kappa shape index (κ1) is 19.4. The minimum Gasteiger partial charge on any atom is -0.465 e. The smallest absolute Gasteiger partial charge is 0.306 e. The molecule has 4 heteroatoms. The maximum atomic E-state index is 11.9. The highest BCUT2D eigenvalue weighted by molar-refractivity contribution is 5.83. The van der Waals surface area contributed by atoms with Crippen LogP contribution in [0.5, 0.6) is 0 Å². The van der Waals surface area contributed by atoms with Crippen molar-refractivity contribution in [2.24, 2.45) is 5.92 Å². The van der Waals surface area contributed by atoms with Crippen LogP contribution in [0.2, 0.25) is 0 Å². The molecule has 2 aromatic carbocycles. The van der Waals surface area contributed by atoms with Crippen LogP contribution in [0.25, 0.3) is 10.8 Å². The van der Waals surface area contributed by atoms with Crippen molar-refractivity contribution < 1.29 is 19.1 Å². The Morgan fingerprint density at radius 3 is 2.33 bits per heavy atom. The topological polar surface area (TPSA) is 52.6 Å². The second-order valence-corrected chi connectivity index (χ2v) is 7.38. The van der Waals surface area contributed by atoms with Crippen molar-refractivity contribution in [3.63, 3.8) is 0 Å². The number of carbonyl (C=O) groups excluding carboxylic acids is 2. The predicted molar refractivity (Wildman–Crippen MR) is 105 cm³/mol. The number of ether oxygens (including phenoxy) is 2. The van der Waals surface area contributed by atoms with E-state index in [2.05, 4.69) is 6.07 Å². The quantitative estimate of drug-likeness (QED) is 0.603. The molecule has 0 spiro atoms. The molecule has 0 aromatic heterocycles. The Morgan fingerprint density at radius 1 is 0.852 bits per heavy atom. The van der Waals surface area contributed by atoms with Gasteiger partial charge in [0, 0.05) is 12.8 Å². The van der Waals surface area contributed by atoms with Crippen LogP contribution >= 0.6 is 0 Å². The SMILES string of the molecule is O=C(CCCC(=O)OCC1CCCCC1)OCc1ccc2ccccc2c1. The molecule has 27 heavy (non-hydrogen) atoms. The second-order valence-electron chi connectivity index (χ2n) is 7.38. The summed E-state index contributed by atoms with van der Waals surface area (Å²) in [6.07, 6.45) is 7.09. The van der Waals surface area contributed by atoms with Gasteiger partial charge in [0.1, 0.15) is 6.61 Å². The van der Waals surface area contributed by atoms with Gasteiger partial charge >= 0.3 is 11.9 Å². The van der Waals surface area contributed by atoms with Gasteiger partial charge in [-0.3, -0.25) is 9.59 Å². The highest BCUT2D eigenvalue weighted by Gasteiger charge is 2.15. The number of esters is 2. The average molecular weight is 368 g/mol. The van der Waals surface area contributed by atoms with E-state index in [1.807, 2.05) is 36.4 Å². The number of fused-ring (bicyclic) bond motifs is 1. The van der Waals surface area contributed by atoms with Crippen molar-refractivity contribution in [1.82, 2.24) is 0 Å². The molecule has 1 aliphatic rings. The molecular weight excluding hydrogens is 340 g/mol. The molecule has 4 nitrogen and oxygen atoms in total. The molecule has 0 aliphatic heterocycles. The second kappa shape index (κ2) is 10.1. The summed E-state index contributed by atoms with van der Waals surface area (Å²) in [6, 6.07) is 14.1. The van der Waals surface area contributed by atoms with Crippen LogP contribution in [0.4, 0.5) is 0 Å². The fraction of sp³-hybridized carbons (Fsp3) is 0.478. The molecule has 1 aliphatic carbocycles. The molecule has 0 saturated heterocycles. The van der Waals surface area contributed by atoms with Crippen molar-refractivity contribution in [3.05, 3.63) is 48.0 Å². The third kappa shape index (κ3) is 6.38. The van der Waals surface area contributed by atoms with Gasteiger partial charge in [0.2, 0.25) is 0 Å². The number of carbonyl (C=O) groups is 2. The fourth-order valence-electron chi connectivity index (χ4n) is 3.58. The lowest BCUT2D eigenvalue weighted by molar-refractivity contribution is -0.147. The average Bonchev–Trinajstić information content (AvgIpc) is 2.71. The fourth-order valence-corrected chi connectivity index (χ4v) is 3.58. The zero-order valence-electron chi connectivity index (χ0n) is 15.8. The van der Waals surface area contributed by atoms with Gasteiger partial charge in [0.05, 0.1) is 6.61 Å². The molecule has 1 saturated carbocycles. The van der Waals surface area contributed by atoms with E-state index in [-0.39, 0.29) is 31.4 Å². The highest BCUT2D eigenvalue weighted by Crippen LogP contribution is 2.23. The van der Waals surface area contributed by atoms with E-state index in [4.69, 9.17) is 9.47 Å². The Balaban J connectivity index is 1.31. The zero-order chi connectivity index (χ0) is 18.9. The summed E-state index contributed by atoms with van der Waals surface area (Å²) in [5, 5.41) is 2.30. The maximum Gasteiger partial charge on any atom is 0.306 e. The third-order valence-electron chi connectivity index (χ3n) is 5.18. The summed E-state index contributed by atoms with van der Waals surface area (Å²) in [7, 11) is 0. The molecule has 0 amide bonds. The van der Waals surface area contributed by atoms with Crippen molar-refractivity contribution in [1.29, 1.82) is 0 Å². The molecule has 144 valence electrons. The Labute approximate surface area is 160 Å². The Kier molecular flexibility index (Phi) is 7.26. The van der Waals surface area contributed by atoms with Gasteiger partial charge < -0.3 is 9.47 Å². The van der Waals surface area contributed by atoms with Gasteiger partial charge in [0.25, 0.3) is 0 Å². The monoisotopic (exact) mass is 368 g/mol. The van der Waals surface area contributed by atoms with E-state index >= 15 is 0 Å². The van der Waals surface area contributed by atoms with Gasteiger partial charge in [-0.05, 0) is 47.6 Å². The first-order chi connectivity index (χ1) is 13.2. The Bertz CT molecular complexity index is 762. The van der Waals surface area contributed by atoms with E-state index in [0.29, 0.717) is 18.9 Å². The Hall–Kier alpha value is -2.36. The standard InChI is InChI=1S/C23H28O4/c24-22(26-16-18-7-2-1-3-8-18)11-6-12-23(25)27-17-19-13-14-20-9-4-5-10-21(20)15-19/h4-5,9-10,13-15,18H,1-3,6-8,11-12,16-17H2. The van der Waals surface area contributed by atoms with Gasteiger partial charge in [-0.2, -0.15) is 0 Å². The lowest BCUT2D eigenvalue weighted by Gasteiger charge is -2.20. The number of hydrogen-bond donors (Lipinski definition) is 0. The molecule has 0 bridgehead atoms. The van der Waals surface area contributed by atoms with E-state index in [1.54, 1.807) is 0 Å². The molecule has 3 rings (SSSR count). The van der Waals surface area contributed by atoms with Gasteiger partial charge in [0.15, 0.2) is 0 Å². The molecule has 0 N–H and O–H groups in total. The van der Waals surface area contributed by atoms with Gasteiger partial charge in [-0.25, -0.2) is 0 Å². The zero-order valence-corrected chi connectivity index (χ0v) is 15.8. The summed E-state index contributed by atoms with van der Waals surface area (Å²) >= 11 is 0. The van der Waals surface area contributed by atoms with Gasteiger partial charge in [-0.15, -0.1) is 0 Å². The Morgan fingerprint density at radius 2 is 1.56 bits per heavy atom. The summed E-state index contributed by atoms with van der Waals surface area (Å²) in [5.74, 6) is 0.0424. The maximum absolute atomic E-state index is 11.9. The molecule has 0 unspecified atom stereocenters. The van der Waals surface area contributed by atoms with Crippen molar-refractivity contribution in [2.45, 2.75) is 58.0 Å². The lowest BCUT2D eigenvalue weighted by atomic mass is 9.90. The first-order valence-corrected chi connectivity index (χ1v) is 9.99. The normalized spacial score (nSPS) is 14.8. The number of rotatable bonds is 8. The third-order valence-corrected chi connectivity index (χ3v) is 5.18. The minimum absolute atomic E-state index is 0.206. The molecule has 1 fully saturated rings. The van der Waals surface area contributed by atoms with Crippen LogP contribution in [-0.4, -0.2) is 18.5 Å². The predicted octanol–water partition coefficient (Wildman–Crippen LogP) is 5.18. The first-order valence-electron chi connectivity index (χ1n) is 9.99. The van der Waals surface area contributed by atoms with Crippen LogP contribution in [-0.2, 0) is 25.7 Å². The van der Waals surface area contributed by atoms with E-state index in [1.165, 1.54) is 24.6 Å². The van der Waals surface area contributed by atoms with Crippen LogP contribution in [0, 0.1) is 5.92 Å². The van der Waals surface area contributed by atoms with Crippen LogP contribution in [0.3, 0.4) is 0 Å². The lowest BCUT2D eigenvalue weighted by Crippen LogP contribution is -2.16. The van der Waals surface area contributed by atoms with Crippen LogP contribution in [0.15, 0.2) is 42.5 Å². The van der Waals surface area contributed by atoms with Crippen LogP contribution in [0.1, 0.15) is 56.9 Å². The summed E-state index contributed by atoms with van der Waals surface area (Å²) in [6.45, 7) is 0.793. The molecule has 0 heterocycles. The molecule has 0 radical (unpaired) electrons. The van der Waals surface area contributed by atoms with E-state index in [0.717, 1.165) is 23.8 Å². The van der Waals surface area contributed by atoms with E-state index in [9.17, 15) is 9.59 Å². The minimum atomic E-state index is -0.275.